The lowest BCUT2D eigenvalue weighted by atomic mass is 10.0. The van der Waals surface area contributed by atoms with Gasteiger partial charge in [-0.3, -0.25) is 9.59 Å². The minimum absolute atomic E-state index is 0.0102. The summed E-state index contributed by atoms with van der Waals surface area (Å²) >= 11 is 0. The topological polar surface area (TPSA) is 95.9 Å². The largest absolute Gasteiger partial charge is 0.466 e. The van der Waals surface area contributed by atoms with Gasteiger partial charge in [0.05, 0.1) is 25.4 Å². The number of unbranched alkanes of at least 4 members (excludes halogenated alkanes) is 49. The van der Waals surface area contributed by atoms with Gasteiger partial charge in [-0.1, -0.05) is 321 Å². The van der Waals surface area contributed by atoms with Gasteiger partial charge in [-0.15, -0.1) is 0 Å². The molecule has 0 aromatic carbocycles. The number of carbonyl (C=O) groups excluding carboxylic acids is 2. The lowest BCUT2D eigenvalue weighted by Gasteiger charge is -2.20. The summed E-state index contributed by atoms with van der Waals surface area (Å²) < 4.78 is 5.50. The van der Waals surface area contributed by atoms with Crippen molar-refractivity contribution in [2.24, 2.45) is 0 Å². The second-order valence-electron chi connectivity index (χ2n) is 22.8. The molecule has 73 heavy (non-hydrogen) atoms. The first-order chi connectivity index (χ1) is 36.0. The van der Waals surface area contributed by atoms with E-state index < -0.39 is 12.1 Å². The molecule has 432 valence electrons. The van der Waals surface area contributed by atoms with E-state index in [1.807, 2.05) is 6.08 Å². The first kappa shape index (κ1) is 71.3. The van der Waals surface area contributed by atoms with Gasteiger partial charge in [-0.05, 0) is 57.8 Å². The van der Waals surface area contributed by atoms with E-state index in [0.717, 1.165) is 44.9 Å². The van der Waals surface area contributed by atoms with E-state index in [2.05, 4.69) is 31.3 Å². The number of esters is 1. The Balaban J connectivity index is 3.40. The molecule has 0 aliphatic carbocycles. The van der Waals surface area contributed by atoms with E-state index in [1.165, 1.54) is 295 Å². The van der Waals surface area contributed by atoms with E-state index in [4.69, 9.17) is 4.74 Å². The van der Waals surface area contributed by atoms with Crippen molar-refractivity contribution in [1.29, 1.82) is 0 Å². The molecule has 0 aliphatic heterocycles. The fourth-order valence-electron chi connectivity index (χ4n) is 10.4. The molecule has 0 heterocycles. The molecule has 2 unspecified atom stereocenters. The van der Waals surface area contributed by atoms with Crippen LogP contribution in [-0.2, 0) is 14.3 Å². The maximum absolute atomic E-state index is 12.5. The molecular formula is C67H129NO5. The van der Waals surface area contributed by atoms with Crippen LogP contribution in [0.25, 0.3) is 0 Å². The van der Waals surface area contributed by atoms with Crippen LogP contribution in [0, 0.1) is 0 Å². The highest BCUT2D eigenvalue weighted by molar-refractivity contribution is 5.76. The summed E-state index contributed by atoms with van der Waals surface area (Å²) in [6.45, 7) is 4.92. The quantitative estimate of drug-likeness (QED) is 0.0320. The molecule has 0 saturated heterocycles. The van der Waals surface area contributed by atoms with Crippen LogP contribution in [0.3, 0.4) is 0 Å². The van der Waals surface area contributed by atoms with Crippen LogP contribution in [0.2, 0.25) is 0 Å². The van der Waals surface area contributed by atoms with Crippen LogP contribution in [0.5, 0.6) is 0 Å². The predicted molar refractivity (Wildman–Crippen MR) is 320 cm³/mol. The Morgan fingerprint density at radius 2 is 0.644 bits per heavy atom. The molecule has 3 N–H and O–H groups in total. The summed E-state index contributed by atoms with van der Waals surface area (Å²) in [5.41, 5.74) is 0. The zero-order valence-corrected chi connectivity index (χ0v) is 49.4. The standard InChI is InChI=1S/C67H129NO5/c1-3-5-7-9-11-13-15-17-19-21-24-29-33-37-41-45-49-53-57-61-67(72)73-62-58-54-50-46-42-38-34-30-26-23-22-25-28-32-36-40-44-48-52-56-60-66(71)68-64(63-69)65(70)59-55-51-47-43-39-35-31-27-20-18-16-14-12-10-8-6-4-2/h17,19,55,59,64-65,69-70H,3-16,18,20-54,56-58,60-63H2,1-2H3,(H,68,71)/b19-17-,59-55+. The van der Waals surface area contributed by atoms with Gasteiger partial charge in [0.2, 0.25) is 5.91 Å². The van der Waals surface area contributed by atoms with Gasteiger partial charge in [0.25, 0.3) is 0 Å². The minimum Gasteiger partial charge on any atom is -0.466 e. The second kappa shape index (κ2) is 62.9. The second-order valence-corrected chi connectivity index (χ2v) is 22.8. The number of nitrogens with one attached hydrogen (secondary N) is 1. The molecule has 0 radical (unpaired) electrons. The summed E-state index contributed by atoms with van der Waals surface area (Å²) in [7, 11) is 0. The van der Waals surface area contributed by atoms with Crippen molar-refractivity contribution in [3.63, 3.8) is 0 Å². The number of hydrogen-bond donors (Lipinski definition) is 3. The van der Waals surface area contributed by atoms with E-state index >= 15 is 0 Å². The Hall–Kier alpha value is -1.66. The maximum Gasteiger partial charge on any atom is 0.305 e. The number of ether oxygens (including phenoxy) is 1. The van der Waals surface area contributed by atoms with Crippen molar-refractivity contribution >= 4 is 11.9 Å². The fraction of sp³-hybridized carbons (Fsp3) is 0.910. The summed E-state index contributed by atoms with van der Waals surface area (Å²) in [6, 6.07) is -0.629. The van der Waals surface area contributed by atoms with Gasteiger partial charge in [0, 0.05) is 12.8 Å². The Labute approximate surface area is 456 Å². The highest BCUT2D eigenvalue weighted by Crippen LogP contribution is 2.18. The SMILES string of the molecule is CCCCCCCC/C=C\CCCCCCCCCCCC(=O)OCCCCCCCCCCCCCCCCCCCCCCC(=O)NC(CO)C(O)/C=C/CCCCCCCCCCCCCCCCC. The van der Waals surface area contributed by atoms with E-state index in [-0.39, 0.29) is 18.5 Å². The number of rotatable bonds is 62. The average molecular weight is 1030 g/mol. The van der Waals surface area contributed by atoms with Crippen LogP contribution in [0.1, 0.15) is 367 Å². The molecule has 1 amide bonds. The van der Waals surface area contributed by atoms with Gasteiger partial charge in [-0.25, -0.2) is 0 Å². The summed E-state index contributed by atoms with van der Waals surface area (Å²) in [5.74, 6) is -0.0569. The van der Waals surface area contributed by atoms with Crippen LogP contribution in [-0.4, -0.2) is 47.4 Å². The maximum atomic E-state index is 12.5. The third-order valence-corrected chi connectivity index (χ3v) is 15.5. The predicted octanol–water partition coefficient (Wildman–Crippen LogP) is 21.0. The van der Waals surface area contributed by atoms with Crippen molar-refractivity contribution in [2.45, 2.75) is 379 Å². The third kappa shape index (κ3) is 59.4. The van der Waals surface area contributed by atoms with Gasteiger partial charge < -0.3 is 20.3 Å². The lowest BCUT2D eigenvalue weighted by molar-refractivity contribution is -0.143. The lowest BCUT2D eigenvalue weighted by Crippen LogP contribution is -2.45. The number of aliphatic hydroxyl groups is 2. The number of amides is 1. The average Bonchev–Trinajstić information content (AvgIpc) is 3.39. The number of carbonyl (C=O) groups is 2. The molecule has 0 aromatic rings. The zero-order chi connectivity index (χ0) is 52.9. The molecule has 0 aromatic heterocycles. The summed E-state index contributed by atoms with van der Waals surface area (Å²) in [4.78, 5) is 24.6. The van der Waals surface area contributed by atoms with Crippen LogP contribution in [0.15, 0.2) is 24.3 Å². The Bertz CT molecular complexity index is 1140. The van der Waals surface area contributed by atoms with Crippen LogP contribution < -0.4 is 5.32 Å². The molecule has 0 fully saturated rings. The first-order valence-electron chi connectivity index (χ1n) is 33.1. The molecule has 0 spiro atoms. The van der Waals surface area contributed by atoms with E-state index in [1.54, 1.807) is 6.08 Å². The van der Waals surface area contributed by atoms with Gasteiger partial charge >= 0.3 is 5.97 Å². The van der Waals surface area contributed by atoms with E-state index in [9.17, 15) is 19.8 Å². The molecule has 6 nitrogen and oxygen atoms in total. The van der Waals surface area contributed by atoms with Gasteiger partial charge in [0.1, 0.15) is 0 Å². The van der Waals surface area contributed by atoms with Gasteiger partial charge in [0.15, 0.2) is 0 Å². The highest BCUT2D eigenvalue weighted by atomic mass is 16.5. The smallest absolute Gasteiger partial charge is 0.305 e. The minimum atomic E-state index is -0.846. The molecule has 0 saturated carbocycles. The normalized spacial score (nSPS) is 12.7. The highest BCUT2D eigenvalue weighted by Gasteiger charge is 2.18. The van der Waals surface area contributed by atoms with E-state index in [0.29, 0.717) is 19.4 Å². The summed E-state index contributed by atoms with van der Waals surface area (Å²) in [5, 5.41) is 23.2. The van der Waals surface area contributed by atoms with Crippen molar-refractivity contribution in [3.8, 4) is 0 Å². The van der Waals surface area contributed by atoms with Crippen molar-refractivity contribution in [1.82, 2.24) is 5.32 Å². The Kier molecular flexibility index (Phi) is 61.4. The molecular weight excluding hydrogens is 899 g/mol. The molecule has 0 rings (SSSR count). The monoisotopic (exact) mass is 1030 g/mol. The number of aliphatic hydroxyl groups excluding tert-OH is 2. The van der Waals surface area contributed by atoms with Crippen molar-refractivity contribution < 1.29 is 24.5 Å². The Morgan fingerprint density at radius 3 is 0.973 bits per heavy atom. The number of allylic oxidation sites excluding steroid dienone is 3. The molecule has 0 bridgehead atoms. The Morgan fingerprint density at radius 1 is 0.370 bits per heavy atom. The van der Waals surface area contributed by atoms with Crippen LogP contribution in [0.4, 0.5) is 0 Å². The molecule has 6 heteroatoms. The summed E-state index contributed by atoms with van der Waals surface area (Å²) in [6.07, 6.45) is 78.0. The first-order valence-corrected chi connectivity index (χ1v) is 33.1. The molecule has 2 atom stereocenters. The molecule has 0 aliphatic rings. The van der Waals surface area contributed by atoms with Crippen molar-refractivity contribution in [3.05, 3.63) is 24.3 Å². The zero-order valence-electron chi connectivity index (χ0n) is 49.4. The number of hydrogen-bond acceptors (Lipinski definition) is 5. The van der Waals surface area contributed by atoms with Crippen LogP contribution >= 0.6 is 0 Å². The van der Waals surface area contributed by atoms with Gasteiger partial charge in [-0.2, -0.15) is 0 Å². The third-order valence-electron chi connectivity index (χ3n) is 15.5. The fourth-order valence-corrected chi connectivity index (χ4v) is 10.4. The van der Waals surface area contributed by atoms with Crippen molar-refractivity contribution in [2.75, 3.05) is 13.2 Å².